The molecular weight excluding hydrogens is 781 g/mol. The summed E-state index contributed by atoms with van der Waals surface area (Å²) in [5.74, 6) is -0.304. The van der Waals surface area contributed by atoms with E-state index in [1.165, 1.54) is 218 Å². The van der Waals surface area contributed by atoms with Gasteiger partial charge in [0.2, 0.25) is 0 Å². The van der Waals surface area contributed by atoms with Crippen LogP contribution in [-0.4, -0.2) is 89.6 Å². The minimum Gasteiger partial charge on any atom is -0.457 e. The van der Waals surface area contributed by atoms with Crippen molar-refractivity contribution in [1.29, 1.82) is 0 Å². The fourth-order valence-corrected chi connectivity index (χ4v) is 8.79. The zero-order valence-electron chi connectivity index (χ0n) is 40.9. The maximum absolute atomic E-state index is 12.8. The van der Waals surface area contributed by atoms with Crippen molar-refractivity contribution in [3.05, 3.63) is 0 Å². The number of hydrogen-bond acceptors (Lipinski definition) is 9. The van der Waals surface area contributed by atoms with Crippen LogP contribution in [0.25, 0.3) is 0 Å². The number of unbranched alkanes of at least 4 members (excludes halogenated alkanes) is 37. The number of ether oxygens (including phenoxy) is 4. The Labute approximate surface area is 383 Å². The number of aliphatic hydroxyl groups excluding tert-OH is 4. The van der Waals surface area contributed by atoms with Crippen LogP contribution in [0.1, 0.15) is 271 Å². The molecule has 1 rings (SSSR count). The molecule has 0 bridgehead atoms. The molecule has 0 amide bonds. The first-order valence-corrected chi connectivity index (χ1v) is 27.1. The molecule has 0 saturated carbocycles. The van der Waals surface area contributed by atoms with Gasteiger partial charge in [-0.15, -0.1) is 0 Å². The highest BCUT2D eigenvalue weighted by Gasteiger charge is 2.44. The van der Waals surface area contributed by atoms with Gasteiger partial charge in [-0.05, 0) is 12.8 Å². The summed E-state index contributed by atoms with van der Waals surface area (Å²) < 4.78 is 22.9. The van der Waals surface area contributed by atoms with Gasteiger partial charge in [0, 0.05) is 13.0 Å². The van der Waals surface area contributed by atoms with Crippen molar-refractivity contribution >= 4 is 5.97 Å². The van der Waals surface area contributed by atoms with E-state index in [9.17, 15) is 25.2 Å². The van der Waals surface area contributed by atoms with Gasteiger partial charge in [0.05, 0.1) is 19.8 Å². The van der Waals surface area contributed by atoms with Crippen molar-refractivity contribution in [2.24, 2.45) is 0 Å². The third-order valence-electron chi connectivity index (χ3n) is 13.0. The highest BCUT2D eigenvalue weighted by molar-refractivity contribution is 5.69. The van der Waals surface area contributed by atoms with Gasteiger partial charge in [-0.2, -0.15) is 0 Å². The summed E-state index contributed by atoms with van der Waals surface area (Å²) in [4.78, 5) is 12.8. The summed E-state index contributed by atoms with van der Waals surface area (Å²) in [5.41, 5.74) is 0. The van der Waals surface area contributed by atoms with E-state index >= 15 is 0 Å². The van der Waals surface area contributed by atoms with E-state index in [2.05, 4.69) is 13.8 Å². The van der Waals surface area contributed by atoms with Gasteiger partial charge in [-0.25, -0.2) is 0 Å². The second-order valence-electron chi connectivity index (χ2n) is 19.0. The molecule has 0 radical (unpaired) electrons. The molecule has 6 unspecified atom stereocenters. The van der Waals surface area contributed by atoms with Crippen molar-refractivity contribution < 1.29 is 44.2 Å². The normalized spacial score (nSPS) is 19.6. The van der Waals surface area contributed by atoms with Crippen molar-refractivity contribution in [2.45, 2.75) is 307 Å². The molecule has 0 aromatic rings. The summed E-state index contributed by atoms with van der Waals surface area (Å²) in [5, 5.41) is 40.3. The molecule has 1 aliphatic heterocycles. The number of rotatable bonds is 48. The first-order chi connectivity index (χ1) is 30.4. The standard InChI is InChI=1S/C53H104O9/c1-3-5-7-9-11-13-15-17-19-21-23-24-25-27-29-31-33-35-37-39-41-43-59-45-47(46-60-53-52(58)51(57)50(56)48(44-54)62-53)61-49(55)42-40-38-36-34-32-30-28-26-22-20-18-16-14-12-10-8-6-4-2/h47-48,50-54,56-58H,3-46H2,1-2H3. The van der Waals surface area contributed by atoms with E-state index in [-0.39, 0.29) is 19.2 Å². The van der Waals surface area contributed by atoms with Gasteiger partial charge in [0.15, 0.2) is 6.29 Å². The van der Waals surface area contributed by atoms with Gasteiger partial charge in [0.1, 0.15) is 30.5 Å². The zero-order chi connectivity index (χ0) is 45.0. The Morgan fingerprint density at radius 2 is 0.790 bits per heavy atom. The average molecular weight is 885 g/mol. The number of aliphatic hydroxyl groups is 4. The summed E-state index contributed by atoms with van der Waals surface area (Å²) in [6.45, 7) is 4.64. The van der Waals surface area contributed by atoms with E-state index < -0.39 is 43.4 Å². The topological polar surface area (TPSA) is 135 Å². The monoisotopic (exact) mass is 885 g/mol. The second kappa shape index (κ2) is 45.4. The highest BCUT2D eigenvalue weighted by atomic mass is 16.7. The molecule has 1 heterocycles. The minimum absolute atomic E-state index is 0.104. The largest absolute Gasteiger partial charge is 0.457 e. The molecule has 0 spiro atoms. The SMILES string of the molecule is CCCCCCCCCCCCCCCCCCCCCCCOCC(COC1OC(CO)C(O)C(O)C1O)OC(=O)CCCCCCCCCCCCCCCCCCCC. The van der Waals surface area contributed by atoms with Crippen LogP contribution in [0.4, 0.5) is 0 Å². The minimum atomic E-state index is -1.53. The molecule has 1 fully saturated rings. The summed E-state index contributed by atoms with van der Waals surface area (Å²) in [7, 11) is 0. The molecule has 1 saturated heterocycles. The van der Waals surface area contributed by atoms with Crippen molar-refractivity contribution in [2.75, 3.05) is 26.4 Å². The second-order valence-corrected chi connectivity index (χ2v) is 19.0. The van der Waals surface area contributed by atoms with Crippen LogP contribution < -0.4 is 0 Å². The van der Waals surface area contributed by atoms with Crippen LogP contribution in [0.3, 0.4) is 0 Å². The maximum atomic E-state index is 12.8. The first kappa shape index (κ1) is 59.2. The predicted octanol–water partition coefficient (Wildman–Crippen LogP) is 13.4. The average Bonchev–Trinajstić information content (AvgIpc) is 3.27. The lowest BCUT2D eigenvalue weighted by atomic mass is 9.99. The van der Waals surface area contributed by atoms with Crippen LogP contribution in [0.15, 0.2) is 0 Å². The highest BCUT2D eigenvalue weighted by Crippen LogP contribution is 2.23. The fourth-order valence-electron chi connectivity index (χ4n) is 8.79. The van der Waals surface area contributed by atoms with E-state index in [0.29, 0.717) is 13.0 Å². The number of carbonyl (C=O) groups excluding carboxylic acids is 1. The Balaban J connectivity index is 2.15. The van der Waals surface area contributed by atoms with E-state index in [1.807, 2.05) is 0 Å². The van der Waals surface area contributed by atoms with E-state index in [1.54, 1.807) is 0 Å². The third-order valence-corrected chi connectivity index (χ3v) is 13.0. The van der Waals surface area contributed by atoms with Crippen molar-refractivity contribution in [3.8, 4) is 0 Å². The van der Waals surface area contributed by atoms with Crippen molar-refractivity contribution in [1.82, 2.24) is 0 Å². The van der Waals surface area contributed by atoms with Crippen LogP contribution in [-0.2, 0) is 23.7 Å². The predicted molar refractivity (Wildman–Crippen MR) is 256 cm³/mol. The number of carbonyl (C=O) groups is 1. The van der Waals surface area contributed by atoms with Crippen LogP contribution in [0.5, 0.6) is 0 Å². The number of hydrogen-bond donors (Lipinski definition) is 4. The summed E-state index contributed by atoms with van der Waals surface area (Å²) >= 11 is 0. The number of esters is 1. The van der Waals surface area contributed by atoms with Crippen LogP contribution >= 0.6 is 0 Å². The Kier molecular flexibility index (Phi) is 43.3. The van der Waals surface area contributed by atoms with Gasteiger partial charge in [-0.3, -0.25) is 4.79 Å². The Hall–Kier alpha value is -0.810. The fraction of sp³-hybridized carbons (Fsp3) is 0.981. The molecule has 1 aliphatic rings. The first-order valence-electron chi connectivity index (χ1n) is 27.1. The molecule has 4 N–H and O–H groups in total. The third kappa shape index (κ3) is 35.5. The van der Waals surface area contributed by atoms with E-state index in [4.69, 9.17) is 18.9 Å². The van der Waals surface area contributed by atoms with E-state index in [0.717, 1.165) is 32.1 Å². The Morgan fingerprint density at radius 1 is 0.452 bits per heavy atom. The zero-order valence-corrected chi connectivity index (χ0v) is 40.9. The lowest BCUT2D eigenvalue weighted by Gasteiger charge is -2.39. The lowest BCUT2D eigenvalue weighted by molar-refractivity contribution is -0.305. The molecule has 9 heteroatoms. The van der Waals surface area contributed by atoms with Gasteiger partial charge in [-0.1, -0.05) is 251 Å². The van der Waals surface area contributed by atoms with Gasteiger partial charge < -0.3 is 39.4 Å². The van der Waals surface area contributed by atoms with Crippen molar-refractivity contribution in [3.63, 3.8) is 0 Å². The summed E-state index contributed by atoms with van der Waals surface area (Å²) in [6.07, 6.45) is 44.3. The maximum Gasteiger partial charge on any atom is 0.306 e. The molecule has 9 nitrogen and oxygen atoms in total. The van der Waals surface area contributed by atoms with Crippen LogP contribution in [0.2, 0.25) is 0 Å². The summed E-state index contributed by atoms with van der Waals surface area (Å²) in [6, 6.07) is 0. The quantitative estimate of drug-likeness (QED) is 0.0348. The smallest absolute Gasteiger partial charge is 0.306 e. The lowest BCUT2D eigenvalue weighted by Crippen LogP contribution is -2.59. The van der Waals surface area contributed by atoms with Crippen LogP contribution in [0, 0.1) is 0 Å². The van der Waals surface area contributed by atoms with Gasteiger partial charge >= 0.3 is 5.97 Å². The van der Waals surface area contributed by atoms with Gasteiger partial charge in [0.25, 0.3) is 0 Å². The molecular formula is C53H104O9. The Morgan fingerprint density at radius 3 is 1.15 bits per heavy atom. The Bertz CT molecular complexity index is 920. The molecule has 62 heavy (non-hydrogen) atoms. The molecule has 0 aromatic carbocycles. The molecule has 0 aliphatic carbocycles. The molecule has 370 valence electrons. The molecule has 6 atom stereocenters. The molecule has 0 aromatic heterocycles.